The number of H-pyrrole nitrogens is 1. The predicted octanol–water partition coefficient (Wildman–Crippen LogP) is 2.82. The van der Waals surface area contributed by atoms with Crippen molar-refractivity contribution >= 4 is 11.8 Å². The molecule has 5 aliphatic rings. The molecule has 1 saturated heterocycles. The number of carbonyl (C=O) groups excluding carboxylic acids is 2. The largest absolute Gasteiger partial charge is 0.364 e. The summed E-state index contributed by atoms with van der Waals surface area (Å²) >= 11 is 0. The lowest BCUT2D eigenvalue weighted by atomic mass is 9.49. The van der Waals surface area contributed by atoms with Crippen LogP contribution in [0.1, 0.15) is 79.9 Å². The minimum Gasteiger partial charge on any atom is -0.364 e. The fraction of sp³-hybridized carbons (Fsp3) is 0.762. The zero-order valence-corrected chi connectivity index (χ0v) is 16.0. The predicted molar refractivity (Wildman–Crippen MR) is 101 cm³/mol. The quantitative estimate of drug-likeness (QED) is 0.853. The molecule has 6 rings (SSSR count). The highest BCUT2D eigenvalue weighted by Gasteiger charge is 2.51. The molecule has 1 aromatic heterocycles. The van der Waals surface area contributed by atoms with Gasteiger partial charge in [0, 0.05) is 31.1 Å². The van der Waals surface area contributed by atoms with E-state index in [0.29, 0.717) is 22.9 Å². The lowest BCUT2D eigenvalue weighted by molar-refractivity contribution is -0.140. The highest BCUT2D eigenvalue weighted by Crippen LogP contribution is 2.61. The number of primary amides is 1. The Morgan fingerprint density at radius 2 is 1.70 bits per heavy atom. The fourth-order valence-corrected chi connectivity index (χ4v) is 7.05. The van der Waals surface area contributed by atoms with Crippen molar-refractivity contribution in [2.45, 2.75) is 63.7 Å². The summed E-state index contributed by atoms with van der Waals surface area (Å²) in [5.41, 5.74) is 6.87. The van der Waals surface area contributed by atoms with E-state index in [1.165, 1.54) is 38.5 Å². The van der Waals surface area contributed by atoms with E-state index in [1.807, 2.05) is 0 Å². The van der Waals surface area contributed by atoms with Gasteiger partial charge >= 0.3 is 0 Å². The highest BCUT2D eigenvalue weighted by atomic mass is 16.2. The van der Waals surface area contributed by atoms with Crippen LogP contribution in [0.3, 0.4) is 0 Å². The Labute approximate surface area is 160 Å². The number of rotatable bonds is 4. The van der Waals surface area contributed by atoms with Gasteiger partial charge in [-0.15, -0.1) is 0 Å². The third kappa shape index (κ3) is 3.17. The first-order valence-corrected chi connectivity index (χ1v) is 10.6. The van der Waals surface area contributed by atoms with Crippen LogP contribution in [0, 0.1) is 23.2 Å². The van der Waals surface area contributed by atoms with Crippen LogP contribution >= 0.6 is 0 Å². The summed E-state index contributed by atoms with van der Waals surface area (Å²) in [6, 6.07) is 1.76. The third-order valence-electron chi connectivity index (χ3n) is 7.83. The molecule has 0 spiro atoms. The highest BCUT2D eigenvalue weighted by molar-refractivity contribution is 5.90. The van der Waals surface area contributed by atoms with Crippen LogP contribution in [-0.2, 0) is 4.79 Å². The SMILES string of the molecule is NC(=O)c1cc(C2CCN(C(=O)CC34CC5CC(CC(C5)C3)C4)CC2)[nH]n1. The van der Waals surface area contributed by atoms with Crippen LogP contribution in [0.2, 0.25) is 0 Å². The number of piperidine rings is 1. The van der Waals surface area contributed by atoms with Crippen molar-refractivity contribution in [1.82, 2.24) is 15.1 Å². The first-order chi connectivity index (χ1) is 13.0. The zero-order valence-electron chi connectivity index (χ0n) is 16.0. The van der Waals surface area contributed by atoms with Gasteiger partial charge in [0.2, 0.25) is 5.91 Å². The molecule has 27 heavy (non-hydrogen) atoms. The van der Waals surface area contributed by atoms with Gasteiger partial charge in [-0.25, -0.2) is 0 Å². The third-order valence-corrected chi connectivity index (χ3v) is 7.83. The van der Waals surface area contributed by atoms with Gasteiger partial charge in [-0.1, -0.05) is 0 Å². The maximum atomic E-state index is 13.1. The molecule has 2 amide bonds. The van der Waals surface area contributed by atoms with Gasteiger partial charge in [-0.3, -0.25) is 14.7 Å². The molecule has 4 aliphatic carbocycles. The topological polar surface area (TPSA) is 92.1 Å². The Kier molecular flexibility index (Phi) is 4.06. The molecule has 1 aromatic rings. The molecule has 2 heterocycles. The van der Waals surface area contributed by atoms with Crippen LogP contribution in [0.5, 0.6) is 0 Å². The maximum Gasteiger partial charge on any atom is 0.269 e. The number of nitrogens with one attached hydrogen (secondary N) is 1. The molecule has 0 unspecified atom stereocenters. The number of hydrogen-bond acceptors (Lipinski definition) is 3. The van der Waals surface area contributed by atoms with E-state index >= 15 is 0 Å². The number of nitrogens with two attached hydrogens (primary N) is 1. The molecule has 5 fully saturated rings. The lowest BCUT2D eigenvalue weighted by Crippen LogP contribution is -2.49. The van der Waals surface area contributed by atoms with E-state index < -0.39 is 5.91 Å². The minimum atomic E-state index is -0.499. The van der Waals surface area contributed by atoms with E-state index in [2.05, 4.69) is 15.1 Å². The second kappa shape index (κ2) is 6.35. The summed E-state index contributed by atoms with van der Waals surface area (Å²) in [5, 5.41) is 6.94. The average molecular weight is 370 g/mol. The molecule has 3 N–H and O–H groups in total. The molecular weight excluding hydrogens is 340 g/mol. The van der Waals surface area contributed by atoms with Gasteiger partial charge in [0.25, 0.3) is 5.91 Å². The summed E-state index contributed by atoms with van der Waals surface area (Å²) in [5.74, 6) is 2.89. The monoisotopic (exact) mass is 370 g/mol. The summed E-state index contributed by atoms with van der Waals surface area (Å²) in [7, 11) is 0. The van der Waals surface area contributed by atoms with Crippen LogP contribution in [0.15, 0.2) is 6.07 Å². The number of likely N-dealkylation sites (tertiary alicyclic amines) is 1. The maximum absolute atomic E-state index is 13.1. The Morgan fingerprint density at radius 1 is 1.11 bits per heavy atom. The lowest BCUT2D eigenvalue weighted by Gasteiger charge is -2.57. The summed E-state index contributed by atoms with van der Waals surface area (Å²) in [6.45, 7) is 1.61. The Balaban J connectivity index is 1.19. The van der Waals surface area contributed by atoms with E-state index in [4.69, 9.17) is 5.73 Å². The normalized spacial score (nSPS) is 35.6. The molecule has 0 aromatic carbocycles. The Hall–Kier alpha value is -1.85. The molecule has 4 saturated carbocycles. The number of hydrogen-bond donors (Lipinski definition) is 2. The van der Waals surface area contributed by atoms with Crippen molar-refractivity contribution < 1.29 is 9.59 Å². The Bertz CT molecular complexity index is 712. The van der Waals surface area contributed by atoms with Crippen LogP contribution in [0.4, 0.5) is 0 Å². The van der Waals surface area contributed by atoms with Gasteiger partial charge in [-0.2, -0.15) is 5.10 Å². The standard InChI is InChI=1S/C21H30N4O2/c22-20(27)18-8-17(23-24-18)16-1-3-25(4-2-16)19(26)12-21-9-13-5-14(10-21)7-15(6-13)11-21/h8,13-16H,1-7,9-12H2,(H2,22,27)(H,23,24). The second-order valence-electron chi connectivity index (χ2n) is 9.82. The molecule has 6 nitrogen and oxygen atoms in total. The van der Waals surface area contributed by atoms with Gasteiger partial charge < -0.3 is 10.6 Å². The van der Waals surface area contributed by atoms with Gasteiger partial charge in [0.15, 0.2) is 0 Å². The first kappa shape index (κ1) is 17.3. The fourth-order valence-electron chi connectivity index (χ4n) is 7.05. The smallest absolute Gasteiger partial charge is 0.269 e. The van der Waals surface area contributed by atoms with E-state index in [-0.39, 0.29) is 0 Å². The van der Waals surface area contributed by atoms with Crippen molar-refractivity contribution in [3.8, 4) is 0 Å². The number of amides is 2. The zero-order chi connectivity index (χ0) is 18.6. The molecule has 4 bridgehead atoms. The number of aromatic nitrogens is 2. The van der Waals surface area contributed by atoms with Crippen molar-refractivity contribution in [1.29, 1.82) is 0 Å². The number of carbonyl (C=O) groups is 2. The first-order valence-electron chi connectivity index (χ1n) is 10.6. The van der Waals surface area contributed by atoms with Crippen LogP contribution in [0.25, 0.3) is 0 Å². The van der Waals surface area contributed by atoms with E-state index in [9.17, 15) is 9.59 Å². The van der Waals surface area contributed by atoms with Crippen molar-refractivity contribution in [2.24, 2.45) is 28.9 Å². The van der Waals surface area contributed by atoms with Crippen molar-refractivity contribution in [2.75, 3.05) is 13.1 Å². The van der Waals surface area contributed by atoms with E-state index in [0.717, 1.165) is 55.8 Å². The Morgan fingerprint density at radius 3 is 2.22 bits per heavy atom. The van der Waals surface area contributed by atoms with Crippen molar-refractivity contribution in [3.05, 3.63) is 17.5 Å². The number of aromatic amines is 1. The molecule has 1 aliphatic heterocycles. The summed E-state index contributed by atoms with van der Waals surface area (Å²) < 4.78 is 0. The summed E-state index contributed by atoms with van der Waals surface area (Å²) in [4.78, 5) is 26.4. The molecule has 0 radical (unpaired) electrons. The number of nitrogens with zero attached hydrogens (tertiary/aromatic N) is 2. The molecular formula is C21H30N4O2. The molecule has 6 heteroatoms. The van der Waals surface area contributed by atoms with E-state index in [1.54, 1.807) is 6.07 Å². The molecule has 0 atom stereocenters. The van der Waals surface area contributed by atoms with Crippen LogP contribution in [-0.4, -0.2) is 40.0 Å². The van der Waals surface area contributed by atoms with Gasteiger partial charge in [0.1, 0.15) is 5.69 Å². The average Bonchev–Trinajstić information content (AvgIpc) is 3.10. The van der Waals surface area contributed by atoms with Crippen molar-refractivity contribution in [3.63, 3.8) is 0 Å². The van der Waals surface area contributed by atoms with Crippen LogP contribution < -0.4 is 5.73 Å². The van der Waals surface area contributed by atoms with Gasteiger partial charge in [-0.05, 0) is 80.6 Å². The van der Waals surface area contributed by atoms with Gasteiger partial charge in [0.05, 0.1) is 0 Å². The summed E-state index contributed by atoms with van der Waals surface area (Å²) in [6.07, 6.45) is 10.8. The molecule has 146 valence electrons. The minimum absolute atomic E-state index is 0.297. The second-order valence-corrected chi connectivity index (χ2v) is 9.82.